The quantitative estimate of drug-likeness (QED) is 0.504. The molecule has 2 aliphatic heterocycles. The van der Waals surface area contributed by atoms with Crippen LogP contribution in [0.2, 0.25) is 0 Å². The van der Waals surface area contributed by atoms with Crippen LogP contribution >= 0.6 is 0 Å². The molecule has 6 rings (SSSR count). The second-order valence-electron chi connectivity index (χ2n) is 15.0. The molecule has 0 aromatic carbocycles. The number of likely N-dealkylation sites (tertiary alicyclic amines) is 2. The van der Waals surface area contributed by atoms with Crippen molar-refractivity contribution in [3.05, 3.63) is 0 Å². The van der Waals surface area contributed by atoms with Crippen LogP contribution in [0.4, 0.5) is 0 Å². The SMILES string of the molecule is C[C@]12C[C@H](N3CCCCC3)[C@@H](O)C[C@@H]1CC[C@@H]1[C@@H]2CC[C@]2(C)[C@@H](O)[C@@H]([N+]3(C)CCCCCC3)C[C@@H]12.[Br-]. The van der Waals surface area contributed by atoms with Crippen molar-refractivity contribution in [2.75, 3.05) is 33.2 Å². The summed E-state index contributed by atoms with van der Waals surface area (Å²) < 4.78 is 1.13. The van der Waals surface area contributed by atoms with E-state index in [0.717, 1.165) is 22.7 Å². The Kier molecular flexibility index (Phi) is 8.03. The molecule has 6 aliphatic rings. The predicted molar refractivity (Wildman–Crippen MR) is 142 cm³/mol. The number of hydrogen-bond donors (Lipinski definition) is 2. The molecule has 0 unspecified atom stereocenters. The van der Waals surface area contributed by atoms with Crippen molar-refractivity contribution >= 4 is 0 Å². The Labute approximate surface area is 231 Å². The minimum absolute atomic E-state index is 0. The van der Waals surface area contributed by atoms with Crippen molar-refractivity contribution in [3.63, 3.8) is 0 Å². The second kappa shape index (κ2) is 10.4. The molecule has 6 fully saturated rings. The third kappa shape index (κ3) is 4.38. The van der Waals surface area contributed by atoms with Crippen LogP contribution in [0.3, 0.4) is 0 Å². The highest BCUT2D eigenvalue weighted by atomic mass is 79.9. The number of halogens is 1. The van der Waals surface area contributed by atoms with Gasteiger partial charge in [0, 0.05) is 17.9 Å². The Bertz CT molecular complexity index is 766. The lowest BCUT2D eigenvalue weighted by atomic mass is 9.44. The van der Waals surface area contributed by atoms with Crippen molar-refractivity contribution < 1.29 is 31.7 Å². The molecule has 10 atom stereocenters. The normalized spacial score (nSPS) is 51.2. The van der Waals surface area contributed by atoms with Gasteiger partial charge in [-0.25, -0.2) is 0 Å². The summed E-state index contributed by atoms with van der Waals surface area (Å²) in [5.74, 6) is 2.96. The van der Waals surface area contributed by atoms with Crippen molar-refractivity contribution in [2.45, 2.75) is 128 Å². The summed E-state index contributed by atoms with van der Waals surface area (Å²) in [6.07, 6.45) is 17.9. The third-order valence-corrected chi connectivity index (χ3v) is 13.4. The Morgan fingerprint density at radius 1 is 0.778 bits per heavy atom. The second-order valence-corrected chi connectivity index (χ2v) is 15.0. The molecule has 36 heavy (non-hydrogen) atoms. The number of fused-ring (bicyclic) bond motifs is 5. The Hall–Kier alpha value is 0.320. The van der Waals surface area contributed by atoms with Gasteiger partial charge in [-0.3, -0.25) is 4.90 Å². The summed E-state index contributed by atoms with van der Waals surface area (Å²) in [4.78, 5) is 2.67. The number of aliphatic hydroxyl groups excluding tert-OH is 2. The lowest BCUT2D eigenvalue weighted by Gasteiger charge is -2.62. The number of quaternary nitrogens is 1. The van der Waals surface area contributed by atoms with E-state index in [9.17, 15) is 10.2 Å². The number of rotatable bonds is 2. The van der Waals surface area contributed by atoms with E-state index in [1.807, 2.05) is 0 Å². The van der Waals surface area contributed by atoms with Crippen LogP contribution in [0, 0.1) is 34.5 Å². The highest BCUT2D eigenvalue weighted by Crippen LogP contribution is 2.67. The maximum atomic E-state index is 11.9. The average molecular weight is 568 g/mol. The van der Waals surface area contributed by atoms with Crippen molar-refractivity contribution in [2.24, 2.45) is 34.5 Å². The van der Waals surface area contributed by atoms with E-state index in [4.69, 9.17) is 0 Å². The summed E-state index contributed by atoms with van der Waals surface area (Å²) in [5, 5.41) is 23.2. The van der Waals surface area contributed by atoms with Gasteiger partial charge in [-0.05, 0) is 119 Å². The summed E-state index contributed by atoms with van der Waals surface area (Å²) >= 11 is 0. The maximum Gasteiger partial charge on any atom is 0.116 e. The minimum Gasteiger partial charge on any atom is -1.00 e. The first-order chi connectivity index (χ1) is 16.8. The van der Waals surface area contributed by atoms with Gasteiger partial charge < -0.3 is 31.7 Å². The molecule has 0 aromatic heterocycles. The Morgan fingerprint density at radius 3 is 2.14 bits per heavy atom. The van der Waals surface area contributed by atoms with Crippen LogP contribution in [0.5, 0.6) is 0 Å². The van der Waals surface area contributed by atoms with Crippen LogP contribution in [-0.2, 0) is 0 Å². The number of aliphatic hydroxyl groups is 2. The fourth-order valence-corrected chi connectivity index (χ4v) is 11.2. The average Bonchev–Trinajstić information content (AvgIpc) is 2.97. The molecule has 5 heteroatoms. The van der Waals surface area contributed by atoms with E-state index in [0.29, 0.717) is 29.3 Å². The Balaban J connectivity index is 0.00000267. The molecule has 2 saturated heterocycles. The van der Waals surface area contributed by atoms with Gasteiger partial charge >= 0.3 is 0 Å². The first kappa shape index (κ1) is 27.9. The zero-order valence-corrected chi connectivity index (χ0v) is 25.1. The molecule has 2 heterocycles. The van der Waals surface area contributed by atoms with Crippen LogP contribution in [0.15, 0.2) is 0 Å². The van der Waals surface area contributed by atoms with Crippen LogP contribution in [-0.4, -0.2) is 77.1 Å². The lowest BCUT2D eigenvalue weighted by molar-refractivity contribution is -0.935. The van der Waals surface area contributed by atoms with Gasteiger partial charge in [-0.15, -0.1) is 0 Å². The van der Waals surface area contributed by atoms with Crippen molar-refractivity contribution in [3.8, 4) is 0 Å². The van der Waals surface area contributed by atoms with Crippen molar-refractivity contribution in [1.82, 2.24) is 4.90 Å². The van der Waals surface area contributed by atoms with E-state index in [1.165, 1.54) is 110 Å². The molecular formula is C31H55BrN2O2. The fraction of sp³-hybridized carbons (Fsp3) is 1.00. The predicted octanol–water partition coefficient (Wildman–Crippen LogP) is 2.22. The summed E-state index contributed by atoms with van der Waals surface area (Å²) in [7, 11) is 2.49. The lowest BCUT2D eigenvalue weighted by Crippen LogP contribution is -3.00. The molecule has 0 spiro atoms. The van der Waals surface area contributed by atoms with Gasteiger partial charge in [-0.1, -0.05) is 20.3 Å². The standard InChI is InChI=1S/C31H55N2O2.BrH/c1-30-14-13-24-23(25(30)20-27(29(30)35)33(3)17-9-4-5-10-18-33)12-11-22-19-28(34)26(21-31(22,24)2)32-15-7-6-8-16-32;/h22-29,34-35H,4-21H2,1-3H3;1H/q+1;/p-1/t22-,23+,24-,25-,26-,27-,28-,29-,30-,31-;/m0./s1. The maximum absolute atomic E-state index is 11.9. The van der Waals surface area contributed by atoms with Crippen molar-refractivity contribution in [1.29, 1.82) is 0 Å². The van der Waals surface area contributed by atoms with E-state index >= 15 is 0 Å². The number of hydrogen-bond acceptors (Lipinski definition) is 3. The molecular weight excluding hydrogens is 512 g/mol. The first-order valence-electron chi connectivity index (χ1n) is 15.7. The smallest absolute Gasteiger partial charge is 0.116 e. The molecule has 0 radical (unpaired) electrons. The highest BCUT2D eigenvalue weighted by molar-refractivity contribution is 5.13. The van der Waals surface area contributed by atoms with Gasteiger partial charge in [0.25, 0.3) is 0 Å². The Morgan fingerprint density at radius 2 is 1.44 bits per heavy atom. The third-order valence-electron chi connectivity index (χ3n) is 13.4. The summed E-state index contributed by atoms with van der Waals surface area (Å²) in [5.41, 5.74) is 0.485. The molecule has 4 nitrogen and oxygen atoms in total. The summed E-state index contributed by atoms with van der Waals surface area (Å²) in [6, 6.07) is 0.828. The van der Waals surface area contributed by atoms with Crippen LogP contribution in [0.25, 0.3) is 0 Å². The van der Waals surface area contributed by atoms with Gasteiger partial charge in [0.05, 0.1) is 26.2 Å². The molecule has 0 amide bonds. The van der Waals surface area contributed by atoms with Gasteiger partial charge in [-0.2, -0.15) is 0 Å². The van der Waals surface area contributed by atoms with Crippen LogP contribution < -0.4 is 17.0 Å². The minimum atomic E-state index is -0.128. The van der Waals surface area contributed by atoms with E-state index in [-0.39, 0.29) is 34.6 Å². The number of piperidine rings is 1. The van der Waals surface area contributed by atoms with Gasteiger partial charge in [0.1, 0.15) is 12.1 Å². The summed E-state index contributed by atoms with van der Waals surface area (Å²) in [6.45, 7) is 10.1. The topological polar surface area (TPSA) is 43.7 Å². The van der Waals surface area contributed by atoms with E-state index < -0.39 is 0 Å². The molecule has 0 bridgehead atoms. The fourth-order valence-electron chi connectivity index (χ4n) is 11.2. The number of nitrogens with zero attached hydrogens (tertiary/aromatic N) is 2. The molecule has 2 N–H and O–H groups in total. The zero-order valence-electron chi connectivity index (χ0n) is 23.5. The van der Waals surface area contributed by atoms with E-state index in [1.54, 1.807) is 0 Å². The molecule has 4 saturated carbocycles. The molecule has 208 valence electrons. The monoisotopic (exact) mass is 566 g/mol. The van der Waals surface area contributed by atoms with Gasteiger partial charge in [0.2, 0.25) is 0 Å². The zero-order chi connectivity index (χ0) is 24.4. The largest absolute Gasteiger partial charge is 1.00 e. The highest BCUT2D eigenvalue weighted by Gasteiger charge is 2.65. The molecule has 4 aliphatic carbocycles. The van der Waals surface area contributed by atoms with Crippen LogP contribution in [0.1, 0.15) is 104 Å². The van der Waals surface area contributed by atoms with E-state index in [2.05, 4.69) is 25.8 Å². The van der Waals surface area contributed by atoms with Gasteiger partial charge in [0.15, 0.2) is 0 Å². The molecule has 0 aromatic rings. The number of likely N-dealkylation sites (N-methyl/N-ethyl adjacent to an activating group) is 1. The first-order valence-corrected chi connectivity index (χ1v) is 15.7.